The van der Waals surface area contributed by atoms with Gasteiger partial charge in [0.25, 0.3) is 0 Å². The van der Waals surface area contributed by atoms with Crippen LogP contribution in [0, 0.1) is 0 Å². The zero-order chi connectivity index (χ0) is 14.7. The minimum atomic E-state index is 0.124. The number of rotatable bonds is 4. The van der Waals surface area contributed by atoms with Gasteiger partial charge in [0.05, 0.1) is 17.9 Å². The van der Waals surface area contributed by atoms with Gasteiger partial charge in [0.15, 0.2) is 5.78 Å². The zero-order valence-corrected chi connectivity index (χ0v) is 13.9. The fourth-order valence-corrected chi connectivity index (χ4v) is 3.78. The third-order valence-corrected chi connectivity index (χ3v) is 4.89. The molecule has 2 aromatic carbocycles. The molecule has 0 saturated heterocycles. The summed E-state index contributed by atoms with van der Waals surface area (Å²) in [4.78, 5) is 13.5. The van der Waals surface area contributed by atoms with Crippen LogP contribution in [-0.2, 0) is 6.42 Å². The number of carbonyl (C=O) groups is 1. The lowest BCUT2D eigenvalue weighted by molar-refractivity contribution is 0.101. The van der Waals surface area contributed by atoms with E-state index < -0.39 is 0 Å². The molecule has 21 heavy (non-hydrogen) atoms. The number of para-hydroxylation sites is 1. The fourth-order valence-electron chi connectivity index (χ4n) is 2.39. The Hall–Kier alpha value is -1.26. The van der Waals surface area contributed by atoms with Gasteiger partial charge in [-0.1, -0.05) is 34.1 Å². The lowest BCUT2D eigenvalue weighted by Gasteiger charge is -2.19. The highest BCUT2D eigenvalue weighted by molar-refractivity contribution is 9.10. The molecule has 1 aliphatic rings. The van der Waals surface area contributed by atoms with Crippen LogP contribution in [0.2, 0.25) is 0 Å². The normalized spacial score (nSPS) is 13.4. The Labute approximate surface area is 137 Å². The topological polar surface area (TPSA) is 26.3 Å². The van der Waals surface area contributed by atoms with Gasteiger partial charge >= 0.3 is 0 Å². The number of ether oxygens (including phenoxy) is 1. The monoisotopic (exact) mass is 362 g/mol. The van der Waals surface area contributed by atoms with Gasteiger partial charge in [-0.05, 0) is 42.7 Å². The Morgan fingerprint density at radius 2 is 2.10 bits per heavy atom. The first-order chi connectivity index (χ1) is 10.2. The lowest BCUT2D eigenvalue weighted by atomic mass is 10.0. The van der Waals surface area contributed by atoms with Crippen LogP contribution >= 0.6 is 27.7 Å². The summed E-state index contributed by atoms with van der Waals surface area (Å²) in [6.07, 6.45) is 2.02. The van der Waals surface area contributed by atoms with Gasteiger partial charge in [-0.3, -0.25) is 4.79 Å². The molecule has 0 fully saturated rings. The first kappa shape index (κ1) is 14.7. The highest BCUT2D eigenvalue weighted by Crippen LogP contribution is 2.31. The van der Waals surface area contributed by atoms with Crippen molar-refractivity contribution in [1.82, 2.24) is 0 Å². The van der Waals surface area contributed by atoms with Gasteiger partial charge in [-0.15, -0.1) is 11.8 Å². The molecule has 0 spiro atoms. The molecule has 0 atom stereocenters. The van der Waals surface area contributed by atoms with Gasteiger partial charge in [0, 0.05) is 9.37 Å². The number of hydrogen-bond donors (Lipinski definition) is 0. The van der Waals surface area contributed by atoms with Crippen molar-refractivity contribution < 1.29 is 9.53 Å². The summed E-state index contributed by atoms with van der Waals surface area (Å²) in [5.41, 5.74) is 1.87. The van der Waals surface area contributed by atoms with Crippen molar-refractivity contribution in [2.45, 2.75) is 17.7 Å². The Morgan fingerprint density at radius 1 is 1.24 bits per heavy atom. The van der Waals surface area contributed by atoms with Gasteiger partial charge in [0.2, 0.25) is 0 Å². The van der Waals surface area contributed by atoms with E-state index in [1.54, 1.807) is 11.8 Å². The van der Waals surface area contributed by atoms with E-state index in [2.05, 4.69) is 15.9 Å². The minimum absolute atomic E-state index is 0.124. The van der Waals surface area contributed by atoms with Crippen LogP contribution in [0.4, 0.5) is 0 Å². The molecule has 108 valence electrons. The molecule has 0 N–H and O–H groups in total. The number of aryl methyl sites for hydroxylation is 1. The third-order valence-electron chi connectivity index (χ3n) is 3.40. The van der Waals surface area contributed by atoms with E-state index in [0.29, 0.717) is 12.4 Å². The highest BCUT2D eigenvalue weighted by atomic mass is 79.9. The maximum absolute atomic E-state index is 12.5. The molecule has 2 nitrogen and oxygen atoms in total. The van der Waals surface area contributed by atoms with E-state index in [1.807, 2.05) is 42.5 Å². The Balaban J connectivity index is 1.74. The summed E-state index contributed by atoms with van der Waals surface area (Å²) in [6.45, 7) is 0.704. The van der Waals surface area contributed by atoms with E-state index in [-0.39, 0.29) is 5.78 Å². The van der Waals surface area contributed by atoms with Crippen LogP contribution in [-0.4, -0.2) is 18.1 Å². The predicted molar refractivity (Wildman–Crippen MR) is 89.5 cm³/mol. The van der Waals surface area contributed by atoms with Crippen molar-refractivity contribution in [3.63, 3.8) is 0 Å². The fraction of sp³-hybridized carbons (Fsp3) is 0.235. The molecular formula is C17H15BrO2S. The van der Waals surface area contributed by atoms with Crippen molar-refractivity contribution in [3.8, 4) is 5.75 Å². The van der Waals surface area contributed by atoms with Crippen LogP contribution in [0.15, 0.2) is 51.8 Å². The lowest BCUT2D eigenvalue weighted by Crippen LogP contribution is -2.13. The number of benzene rings is 2. The maximum atomic E-state index is 12.5. The predicted octanol–water partition coefficient (Wildman–Crippen LogP) is 4.75. The molecule has 2 aromatic rings. The minimum Gasteiger partial charge on any atom is -0.493 e. The summed E-state index contributed by atoms with van der Waals surface area (Å²) < 4.78 is 6.74. The maximum Gasteiger partial charge on any atom is 0.176 e. The summed E-state index contributed by atoms with van der Waals surface area (Å²) in [6, 6.07) is 13.9. The average molecular weight is 363 g/mol. The molecule has 1 aliphatic heterocycles. The van der Waals surface area contributed by atoms with Gasteiger partial charge in [-0.25, -0.2) is 0 Å². The average Bonchev–Trinajstić information content (AvgIpc) is 2.52. The number of carbonyl (C=O) groups excluding carboxylic acids is 1. The second-order valence-electron chi connectivity index (χ2n) is 4.92. The third kappa shape index (κ3) is 3.50. The van der Waals surface area contributed by atoms with E-state index in [9.17, 15) is 4.79 Å². The number of hydrogen-bond acceptors (Lipinski definition) is 3. The Kier molecular flexibility index (Phi) is 4.66. The quantitative estimate of drug-likeness (QED) is 0.579. The molecule has 0 aliphatic carbocycles. The van der Waals surface area contributed by atoms with Crippen LogP contribution in [0.3, 0.4) is 0 Å². The van der Waals surface area contributed by atoms with Crippen molar-refractivity contribution in [2.75, 3.05) is 12.4 Å². The molecule has 4 heteroatoms. The van der Waals surface area contributed by atoms with Crippen molar-refractivity contribution in [2.24, 2.45) is 0 Å². The summed E-state index contributed by atoms with van der Waals surface area (Å²) in [7, 11) is 0. The molecule has 0 saturated carbocycles. The Morgan fingerprint density at radius 3 is 2.95 bits per heavy atom. The molecule has 1 heterocycles. The van der Waals surface area contributed by atoms with Crippen LogP contribution in [0.5, 0.6) is 5.75 Å². The van der Waals surface area contributed by atoms with E-state index in [1.165, 1.54) is 0 Å². The highest BCUT2D eigenvalue weighted by Gasteiger charge is 2.19. The number of thioether (sulfide) groups is 1. The largest absolute Gasteiger partial charge is 0.493 e. The Bertz CT molecular complexity index is 670. The summed E-state index contributed by atoms with van der Waals surface area (Å²) in [5, 5.41) is 0. The smallest absolute Gasteiger partial charge is 0.176 e. The molecule has 0 aromatic heterocycles. The van der Waals surface area contributed by atoms with Gasteiger partial charge in [-0.2, -0.15) is 0 Å². The van der Waals surface area contributed by atoms with Crippen molar-refractivity contribution in [1.29, 1.82) is 0 Å². The first-order valence-electron chi connectivity index (χ1n) is 6.90. The van der Waals surface area contributed by atoms with Gasteiger partial charge < -0.3 is 4.74 Å². The SMILES string of the molecule is O=C(CSc1cccc(Br)c1)c1cccc2c1OCCC2. The molecule has 0 unspecified atom stereocenters. The molecule has 0 bridgehead atoms. The standard InChI is InChI=1S/C17H15BrO2S/c18-13-6-2-7-14(10-13)21-11-16(19)15-8-1-4-12-5-3-9-20-17(12)15/h1-2,4,6-8,10H,3,5,9,11H2. The van der Waals surface area contributed by atoms with E-state index >= 15 is 0 Å². The zero-order valence-electron chi connectivity index (χ0n) is 11.5. The number of Topliss-reactive ketones (excluding diaryl/α,β-unsaturated/α-hetero) is 1. The first-order valence-corrected chi connectivity index (χ1v) is 8.68. The van der Waals surface area contributed by atoms with Crippen molar-refractivity contribution >= 4 is 33.5 Å². The van der Waals surface area contributed by atoms with Crippen LogP contribution in [0.1, 0.15) is 22.3 Å². The molecule has 3 rings (SSSR count). The van der Waals surface area contributed by atoms with Crippen molar-refractivity contribution in [3.05, 3.63) is 58.1 Å². The number of fused-ring (bicyclic) bond motifs is 1. The molecule has 0 radical (unpaired) electrons. The second-order valence-corrected chi connectivity index (χ2v) is 6.88. The molecule has 0 amide bonds. The number of halogens is 1. The second kappa shape index (κ2) is 6.67. The van der Waals surface area contributed by atoms with E-state index in [0.717, 1.165) is 39.1 Å². The number of ketones is 1. The van der Waals surface area contributed by atoms with Crippen LogP contribution in [0.25, 0.3) is 0 Å². The molecular weight excluding hydrogens is 348 g/mol. The van der Waals surface area contributed by atoms with E-state index in [4.69, 9.17) is 4.74 Å². The van der Waals surface area contributed by atoms with Crippen LogP contribution < -0.4 is 4.74 Å². The van der Waals surface area contributed by atoms with Gasteiger partial charge in [0.1, 0.15) is 5.75 Å². The summed E-state index contributed by atoms with van der Waals surface area (Å²) in [5.74, 6) is 1.35. The summed E-state index contributed by atoms with van der Waals surface area (Å²) >= 11 is 5.00.